The van der Waals surface area contributed by atoms with Crippen molar-refractivity contribution >= 4 is 29.0 Å². The first kappa shape index (κ1) is 15.9. The molecule has 1 aliphatic heterocycles. The number of anilines is 1. The number of esters is 1. The Morgan fingerprint density at radius 1 is 1.12 bits per heavy atom. The summed E-state index contributed by atoms with van der Waals surface area (Å²) in [5.74, 6) is -0.595. The largest absolute Gasteiger partial charge is 0.459 e. The highest BCUT2D eigenvalue weighted by molar-refractivity contribution is 6.54. The van der Waals surface area contributed by atoms with Crippen LogP contribution < -0.4 is 5.32 Å². The van der Waals surface area contributed by atoms with Crippen molar-refractivity contribution in [1.82, 2.24) is 0 Å². The van der Waals surface area contributed by atoms with E-state index in [1.54, 1.807) is 38.1 Å². The number of aliphatic imine (C=N–C) groups is 1. The van der Waals surface area contributed by atoms with Gasteiger partial charge in [-0.3, -0.25) is 4.79 Å². The Kier molecular flexibility index (Phi) is 4.16. The summed E-state index contributed by atoms with van der Waals surface area (Å²) in [5.41, 5.74) is 4.07. The third-order valence-corrected chi connectivity index (χ3v) is 3.58. The number of hydrogen-bond donors (Lipinski definition) is 1. The monoisotopic (exact) mass is 322 g/mol. The highest BCUT2D eigenvalue weighted by atomic mass is 16.5. The van der Waals surface area contributed by atoms with Gasteiger partial charge in [-0.05, 0) is 57.2 Å². The highest BCUT2D eigenvalue weighted by Gasteiger charge is 2.25. The predicted octanol–water partition coefficient (Wildman–Crippen LogP) is 3.63. The molecule has 1 heterocycles. The van der Waals surface area contributed by atoms with Crippen LogP contribution in [0.3, 0.4) is 0 Å². The minimum absolute atomic E-state index is 0.167. The Hall–Kier alpha value is -2.95. The van der Waals surface area contributed by atoms with Crippen molar-refractivity contribution in [1.29, 1.82) is 0 Å². The maximum atomic E-state index is 12.1. The van der Waals surface area contributed by atoms with Gasteiger partial charge in [-0.2, -0.15) is 0 Å². The van der Waals surface area contributed by atoms with E-state index in [4.69, 9.17) is 4.74 Å². The van der Waals surface area contributed by atoms with Crippen LogP contribution in [0.5, 0.6) is 0 Å². The number of aryl methyl sites for hydroxylation is 1. The van der Waals surface area contributed by atoms with E-state index in [1.165, 1.54) is 0 Å². The molecular formula is C19H18N2O3. The Labute approximate surface area is 140 Å². The zero-order valence-electron chi connectivity index (χ0n) is 13.8. The first-order chi connectivity index (χ1) is 11.4. The molecule has 0 radical (unpaired) electrons. The fraction of sp³-hybridized carbons (Fsp3) is 0.211. The van der Waals surface area contributed by atoms with Gasteiger partial charge in [0, 0.05) is 5.56 Å². The average Bonchev–Trinajstić information content (AvgIpc) is 2.83. The second-order valence-corrected chi connectivity index (χ2v) is 5.96. The second kappa shape index (κ2) is 6.28. The number of nitrogens with zero attached hydrogens (tertiary/aromatic N) is 1. The van der Waals surface area contributed by atoms with Crippen LogP contribution in [0.15, 0.2) is 47.5 Å². The lowest BCUT2D eigenvalue weighted by Crippen LogP contribution is -2.14. The molecule has 0 aromatic heterocycles. The molecule has 0 aliphatic carbocycles. The van der Waals surface area contributed by atoms with Gasteiger partial charge in [0.2, 0.25) is 0 Å². The number of carbonyl (C=O) groups excluding carboxylic acids is 2. The number of fused-ring (bicyclic) bond motifs is 1. The number of rotatable bonds is 3. The summed E-state index contributed by atoms with van der Waals surface area (Å²) in [6.45, 7) is 5.57. The van der Waals surface area contributed by atoms with Gasteiger partial charge in [-0.1, -0.05) is 11.6 Å². The van der Waals surface area contributed by atoms with Crippen LogP contribution in [0.1, 0.15) is 35.3 Å². The molecule has 24 heavy (non-hydrogen) atoms. The Balaban J connectivity index is 1.89. The number of amides is 1. The van der Waals surface area contributed by atoms with Gasteiger partial charge in [0.05, 0.1) is 23.0 Å². The first-order valence-corrected chi connectivity index (χ1v) is 7.76. The van der Waals surface area contributed by atoms with Gasteiger partial charge in [-0.25, -0.2) is 9.79 Å². The molecular weight excluding hydrogens is 304 g/mol. The summed E-state index contributed by atoms with van der Waals surface area (Å²) in [6, 6.07) is 12.4. The third kappa shape index (κ3) is 3.20. The lowest BCUT2D eigenvalue weighted by Gasteiger charge is -2.07. The molecule has 0 saturated heterocycles. The average molecular weight is 322 g/mol. The zero-order chi connectivity index (χ0) is 17.3. The van der Waals surface area contributed by atoms with E-state index in [9.17, 15) is 9.59 Å². The maximum Gasteiger partial charge on any atom is 0.338 e. The predicted molar refractivity (Wildman–Crippen MR) is 93.0 cm³/mol. The van der Waals surface area contributed by atoms with Crippen LogP contribution in [-0.4, -0.2) is 23.7 Å². The number of benzene rings is 2. The summed E-state index contributed by atoms with van der Waals surface area (Å²) in [7, 11) is 0. The van der Waals surface area contributed by atoms with Crippen LogP contribution in [0.2, 0.25) is 0 Å². The van der Waals surface area contributed by atoms with Crippen LogP contribution in [0.4, 0.5) is 11.4 Å². The van der Waals surface area contributed by atoms with Crippen LogP contribution in [0.25, 0.3) is 0 Å². The molecule has 0 fully saturated rings. The molecule has 0 bridgehead atoms. The van der Waals surface area contributed by atoms with E-state index in [2.05, 4.69) is 10.3 Å². The van der Waals surface area contributed by atoms with Crippen molar-refractivity contribution in [3.05, 3.63) is 59.2 Å². The van der Waals surface area contributed by atoms with Gasteiger partial charge < -0.3 is 10.1 Å². The van der Waals surface area contributed by atoms with Gasteiger partial charge in [0.1, 0.15) is 5.71 Å². The van der Waals surface area contributed by atoms with Crippen molar-refractivity contribution < 1.29 is 14.3 Å². The molecule has 1 aliphatic rings. The van der Waals surface area contributed by atoms with Crippen molar-refractivity contribution in [2.45, 2.75) is 26.9 Å². The first-order valence-electron chi connectivity index (χ1n) is 7.76. The topological polar surface area (TPSA) is 67.8 Å². The van der Waals surface area contributed by atoms with Crippen molar-refractivity contribution in [2.75, 3.05) is 5.32 Å². The quantitative estimate of drug-likeness (QED) is 0.877. The summed E-state index contributed by atoms with van der Waals surface area (Å²) in [4.78, 5) is 28.4. The van der Waals surface area contributed by atoms with Crippen molar-refractivity contribution in [3.8, 4) is 0 Å². The molecule has 122 valence electrons. The molecule has 5 nitrogen and oxygen atoms in total. The number of nitrogens with one attached hydrogen (secondary N) is 1. The molecule has 1 amide bonds. The minimum Gasteiger partial charge on any atom is -0.459 e. The summed E-state index contributed by atoms with van der Waals surface area (Å²) < 4.78 is 5.15. The fourth-order valence-corrected chi connectivity index (χ4v) is 2.46. The zero-order valence-corrected chi connectivity index (χ0v) is 13.8. The summed E-state index contributed by atoms with van der Waals surface area (Å²) >= 11 is 0. The molecule has 1 N–H and O–H groups in total. The molecule has 0 atom stereocenters. The van der Waals surface area contributed by atoms with Gasteiger partial charge in [0.15, 0.2) is 0 Å². The Morgan fingerprint density at radius 2 is 1.83 bits per heavy atom. The van der Waals surface area contributed by atoms with E-state index in [0.29, 0.717) is 17.0 Å². The maximum absolute atomic E-state index is 12.1. The van der Waals surface area contributed by atoms with E-state index in [1.807, 2.05) is 25.1 Å². The molecule has 5 heteroatoms. The van der Waals surface area contributed by atoms with Crippen LogP contribution >= 0.6 is 0 Å². The van der Waals surface area contributed by atoms with Crippen LogP contribution in [-0.2, 0) is 9.53 Å². The molecule has 2 aromatic rings. The van der Waals surface area contributed by atoms with E-state index >= 15 is 0 Å². The van der Waals surface area contributed by atoms with E-state index in [0.717, 1.165) is 16.8 Å². The number of hydrogen-bond acceptors (Lipinski definition) is 4. The molecule has 3 rings (SSSR count). The summed E-state index contributed by atoms with van der Waals surface area (Å²) in [5, 5.41) is 2.80. The molecule has 0 saturated carbocycles. The Bertz CT molecular complexity index is 836. The highest BCUT2D eigenvalue weighted by Crippen LogP contribution is 2.26. The van der Waals surface area contributed by atoms with Gasteiger partial charge in [-0.15, -0.1) is 0 Å². The van der Waals surface area contributed by atoms with Gasteiger partial charge in [0.25, 0.3) is 5.91 Å². The molecule has 0 spiro atoms. The lowest BCUT2D eigenvalue weighted by atomic mass is 10.1. The van der Waals surface area contributed by atoms with Crippen molar-refractivity contribution in [2.24, 2.45) is 4.99 Å². The molecule has 0 unspecified atom stereocenters. The SMILES string of the molecule is Cc1ccc2c(c1)C(=Nc1ccc(C(=O)OC(C)C)cc1)C(=O)N2. The second-order valence-electron chi connectivity index (χ2n) is 5.96. The van der Waals surface area contributed by atoms with Crippen molar-refractivity contribution in [3.63, 3.8) is 0 Å². The van der Waals surface area contributed by atoms with E-state index in [-0.39, 0.29) is 18.0 Å². The van der Waals surface area contributed by atoms with Crippen LogP contribution in [0, 0.1) is 6.92 Å². The Morgan fingerprint density at radius 3 is 2.50 bits per heavy atom. The third-order valence-electron chi connectivity index (χ3n) is 3.58. The number of carbonyl (C=O) groups is 2. The standard InChI is InChI=1S/C19H18N2O3/c1-11(2)24-19(23)13-5-7-14(8-6-13)20-17-15-10-12(3)4-9-16(15)21-18(17)22/h4-11H,1-3H3,(H,20,21,22). The summed E-state index contributed by atoms with van der Waals surface area (Å²) in [6.07, 6.45) is -0.167. The smallest absolute Gasteiger partial charge is 0.338 e. The number of ether oxygens (including phenoxy) is 1. The fourth-order valence-electron chi connectivity index (χ4n) is 2.46. The molecule has 2 aromatic carbocycles. The normalized spacial score (nSPS) is 14.7. The van der Waals surface area contributed by atoms with E-state index < -0.39 is 0 Å². The minimum atomic E-state index is -0.371. The van der Waals surface area contributed by atoms with Gasteiger partial charge >= 0.3 is 5.97 Å². The lowest BCUT2D eigenvalue weighted by molar-refractivity contribution is -0.110.